The molecular weight excluding hydrogens is 304 g/mol. The first kappa shape index (κ1) is 18.5. The molecule has 0 bridgehead atoms. The third-order valence-electron chi connectivity index (χ3n) is 4.30. The van der Waals surface area contributed by atoms with E-state index in [1.807, 2.05) is 32.2 Å². The van der Waals surface area contributed by atoms with Crippen molar-refractivity contribution in [1.29, 1.82) is 0 Å². The first-order valence-corrected chi connectivity index (χ1v) is 8.63. The maximum absolute atomic E-state index is 5.88. The van der Waals surface area contributed by atoms with Crippen LogP contribution < -0.4 is 15.4 Å². The molecule has 1 heterocycles. The maximum Gasteiger partial charge on any atom is 0.213 e. The Balaban J connectivity index is 1.78. The van der Waals surface area contributed by atoms with E-state index in [9.17, 15) is 0 Å². The van der Waals surface area contributed by atoms with Crippen molar-refractivity contribution in [2.75, 3.05) is 20.7 Å². The van der Waals surface area contributed by atoms with Crippen LogP contribution in [0.5, 0.6) is 5.88 Å². The molecule has 0 aliphatic heterocycles. The van der Waals surface area contributed by atoms with E-state index in [0.29, 0.717) is 19.2 Å². The van der Waals surface area contributed by atoms with E-state index >= 15 is 0 Å². The molecule has 2 rings (SSSR count). The van der Waals surface area contributed by atoms with Crippen LogP contribution in [0.15, 0.2) is 23.3 Å². The first-order valence-electron chi connectivity index (χ1n) is 8.63. The average molecular weight is 334 g/mol. The zero-order valence-electron chi connectivity index (χ0n) is 15.3. The van der Waals surface area contributed by atoms with Gasteiger partial charge in [0.05, 0.1) is 5.60 Å². The number of nitrogens with one attached hydrogen (secondary N) is 2. The molecule has 1 aromatic rings. The Morgan fingerprint density at radius 1 is 1.29 bits per heavy atom. The normalized spacial score (nSPS) is 16.2. The molecule has 0 aromatic carbocycles. The van der Waals surface area contributed by atoms with Gasteiger partial charge in [0, 0.05) is 39.5 Å². The Kier molecular flexibility index (Phi) is 6.85. The van der Waals surface area contributed by atoms with E-state index < -0.39 is 0 Å². The van der Waals surface area contributed by atoms with Gasteiger partial charge in [-0.3, -0.25) is 4.99 Å². The van der Waals surface area contributed by atoms with Crippen molar-refractivity contribution < 1.29 is 9.47 Å². The molecule has 1 aliphatic rings. The summed E-state index contributed by atoms with van der Waals surface area (Å²) in [7, 11) is 3.46. The fraction of sp³-hybridized carbons (Fsp3) is 0.667. The lowest BCUT2D eigenvalue weighted by molar-refractivity contribution is 0.0268. The topological polar surface area (TPSA) is 67.8 Å². The van der Waals surface area contributed by atoms with Crippen LogP contribution in [0.25, 0.3) is 0 Å². The third kappa shape index (κ3) is 6.00. The van der Waals surface area contributed by atoms with Crippen LogP contribution in [0.3, 0.4) is 0 Å². The second-order valence-electron chi connectivity index (χ2n) is 6.77. The fourth-order valence-corrected chi connectivity index (χ4v) is 2.54. The van der Waals surface area contributed by atoms with Gasteiger partial charge in [-0.25, -0.2) is 4.98 Å². The lowest BCUT2D eigenvalue weighted by Gasteiger charge is -2.24. The summed E-state index contributed by atoms with van der Waals surface area (Å²) in [5.41, 5.74) is 0.848. The number of ether oxygens (including phenoxy) is 2. The number of methoxy groups -OCH3 is 1. The van der Waals surface area contributed by atoms with Crippen LogP contribution in [0.2, 0.25) is 0 Å². The van der Waals surface area contributed by atoms with Gasteiger partial charge in [0.1, 0.15) is 6.10 Å². The molecule has 1 aliphatic carbocycles. The van der Waals surface area contributed by atoms with Crippen LogP contribution in [-0.4, -0.2) is 43.4 Å². The lowest BCUT2D eigenvalue weighted by atomic mass is 10.1. The maximum atomic E-state index is 5.88. The van der Waals surface area contributed by atoms with Crippen molar-refractivity contribution in [3.63, 3.8) is 0 Å². The zero-order chi connectivity index (χ0) is 17.4. The molecule has 0 radical (unpaired) electrons. The predicted molar refractivity (Wildman–Crippen MR) is 96.4 cm³/mol. The molecule has 1 saturated carbocycles. The number of aliphatic imine (C=N–C) groups is 1. The summed E-state index contributed by atoms with van der Waals surface area (Å²) in [4.78, 5) is 8.62. The van der Waals surface area contributed by atoms with Crippen molar-refractivity contribution in [3.8, 4) is 5.88 Å². The number of nitrogens with zero attached hydrogens (tertiary/aromatic N) is 2. The van der Waals surface area contributed by atoms with Gasteiger partial charge in [-0.1, -0.05) is 6.07 Å². The SMILES string of the molecule is CN=C(NCc1ccc(OC2CCCC2)nc1)NCC(C)(C)OC. The van der Waals surface area contributed by atoms with E-state index in [1.54, 1.807) is 14.2 Å². The zero-order valence-corrected chi connectivity index (χ0v) is 15.3. The second-order valence-corrected chi connectivity index (χ2v) is 6.77. The highest BCUT2D eigenvalue weighted by Gasteiger charge is 2.17. The molecular formula is C18H30N4O2. The molecule has 6 heteroatoms. The number of aromatic nitrogens is 1. The minimum absolute atomic E-state index is 0.238. The highest BCUT2D eigenvalue weighted by atomic mass is 16.5. The van der Waals surface area contributed by atoms with E-state index in [2.05, 4.69) is 20.6 Å². The van der Waals surface area contributed by atoms with Gasteiger partial charge in [0.15, 0.2) is 5.96 Å². The van der Waals surface area contributed by atoms with E-state index in [1.165, 1.54) is 12.8 Å². The summed E-state index contributed by atoms with van der Waals surface area (Å²) in [6.45, 7) is 5.39. The van der Waals surface area contributed by atoms with E-state index in [4.69, 9.17) is 9.47 Å². The average Bonchev–Trinajstić information content (AvgIpc) is 3.09. The first-order chi connectivity index (χ1) is 11.5. The van der Waals surface area contributed by atoms with Crippen molar-refractivity contribution in [3.05, 3.63) is 23.9 Å². The fourth-order valence-electron chi connectivity index (χ4n) is 2.54. The van der Waals surface area contributed by atoms with Crippen molar-refractivity contribution in [1.82, 2.24) is 15.6 Å². The number of pyridine rings is 1. The van der Waals surface area contributed by atoms with Gasteiger partial charge in [-0.2, -0.15) is 0 Å². The number of rotatable bonds is 7. The standard InChI is InChI=1S/C18H30N4O2/c1-18(2,23-4)13-22-17(19-3)21-12-14-9-10-16(20-11-14)24-15-7-5-6-8-15/h9-11,15H,5-8,12-13H2,1-4H3,(H2,19,21,22). The number of hydrogen-bond acceptors (Lipinski definition) is 4. The minimum Gasteiger partial charge on any atom is -0.474 e. The molecule has 1 aromatic heterocycles. The third-order valence-corrected chi connectivity index (χ3v) is 4.30. The molecule has 6 nitrogen and oxygen atoms in total. The summed E-state index contributed by atoms with van der Waals surface area (Å²) >= 11 is 0. The van der Waals surface area contributed by atoms with Gasteiger partial charge in [-0.05, 0) is 45.1 Å². The highest BCUT2D eigenvalue weighted by Crippen LogP contribution is 2.22. The van der Waals surface area contributed by atoms with Crippen LogP contribution in [0.1, 0.15) is 45.1 Å². The lowest BCUT2D eigenvalue weighted by Crippen LogP contribution is -2.45. The van der Waals surface area contributed by atoms with Crippen LogP contribution in [-0.2, 0) is 11.3 Å². The van der Waals surface area contributed by atoms with Gasteiger partial charge in [0.25, 0.3) is 0 Å². The molecule has 1 fully saturated rings. The van der Waals surface area contributed by atoms with Crippen LogP contribution in [0.4, 0.5) is 0 Å². The molecule has 2 N–H and O–H groups in total. The minimum atomic E-state index is -0.238. The van der Waals surface area contributed by atoms with Gasteiger partial charge < -0.3 is 20.1 Å². The number of hydrogen-bond donors (Lipinski definition) is 2. The Bertz CT molecular complexity index is 522. The van der Waals surface area contributed by atoms with E-state index in [0.717, 1.165) is 30.2 Å². The smallest absolute Gasteiger partial charge is 0.213 e. The number of guanidine groups is 1. The predicted octanol–water partition coefficient (Wildman–Crippen LogP) is 2.49. The molecule has 134 valence electrons. The van der Waals surface area contributed by atoms with Gasteiger partial charge in [0.2, 0.25) is 5.88 Å². The summed E-state index contributed by atoms with van der Waals surface area (Å²) in [6, 6.07) is 3.98. The Morgan fingerprint density at radius 3 is 2.62 bits per heavy atom. The Morgan fingerprint density at radius 2 is 2.04 bits per heavy atom. The van der Waals surface area contributed by atoms with Crippen molar-refractivity contribution >= 4 is 5.96 Å². The molecule has 0 unspecified atom stereocenters. The largest absolute Gasteiger partial charge is 0.474 e. The van der Waals surface area contributed by atoms with Crippen LogP contribution >= 0.6 is 0 Å². The molecule has 24 heavy (non-hydrogen) atoms. The quantitative estimate of drug-likeness (QED) is 0.592. The van der Waals surface area contributed by atoms with Crippen molar-refractivity contribution in [2.24, 2.45) is 4.99 Å². The Labute approximate surface area is 145 Å². The van der Waals surface area contributed by atoms with Crippen LogP contribution in [0, 0.1) is 0 Å². The summed E-state index contributed by atoms with van der Waals surface area (Å²) in [5.74, 6) is 1.46. The summed E-state index contributed by atoms with van der Waals surface area (Å²) in [5, 5.41) is 6.54. The van der Waals surface area contributed by atoms with Gasteiger partial charge >= 0.3 is 0 Å². The van der Waals surface area contributed by atoms with Crippen molar-refractivity contribution in [2.45, 2.75) is 57.8 Å². The molecule has 0 saturated heterocycles. The van der Waals surface area contributed by atoms with Gasteiger partial charge in [-0.15, -0.1) is 0 Å². The summed E-state index contributed by atoms with van der Waals surface area (Å²) < 4.78 is 11.3. The van der Waals surface area contributed by atoms with E-state index in [-0.39, 0.29) is 5.60 Å². The molecule has 0 atom stereocenters. The molecule has 0 spiro atoms. The molecule has 0 amide bonds. The summed E-state index contributed by atoms with van der Waals surface area (Å²) in [6.07, 6.45) is 7.00. The highest BCUT2D eigenvalue weighted by molar-refractivity contribution is 5.79. The Hall–Kier alpha value is -1.82. The second kappa shape index (κ2) is 8.87. The monoisotopic (exact) mass is 334 g/mol.